The van der Waals surface area contributed by atoms with Gasteiger partial charge in [-0.25, -0.2) is 4.79 Å². The van der Waals surface area contributed by atoms with Gasteiger partial charge < -0.3 is 20.1 Å². The van der Waals surface area contributed by atoms with Crippen LogP contribution in [0.2, 0.25) is 0 Å². The Morgan fingerprint density at radius 1 is 1.03 bits per heavy atom. The van der Waals surface area contributed by atoms with E-state index in [2.05, 4.69) is 29.6 Å². The second-order valence-corrected chi connectivity index (χ2v) is 8.61. The van der Waals surface area contributed by atoms with Gasteiger partial charge in [-0.3, -0.25) is 9.59 Å². The molecule has 7 nitrogen and oxygen atoms in total. The van der Waals surface area contributed by atoms with Gasteiger partial charge >= 0.3 is 12.1 Å². The average molecular weight is 453 g/mol. The van der Waals surface area contributed by atoms with Crippen molar-refractivity contribution >= 4 is 18.0 Å². The van der Waals surface area contributed by atoms with E-state index in [4.69, 9.17) is 9.84 Å². The number of benzene rings is 2. The normalized spacial score (nSPS) is 13.2. The summed E-state index contributed by atoms with van der Waals surface area (Å²) in [5.41, 5.74) is 4.55. The number of carbonyl (C=O) groups excluding carboxylic acids is 2. The number of hydrogen-bond acceptors (Lipinski definition) is 4. The Labute approximate surface area is 194 Å². The van der Waals surface area contributed by atoms with Crippen molar-refractivity contribution in [2.45, 2.75) is 45.6 Å². The Kier molecular flexibility index (Phi) is 8.09. The first-order chi connectivity index (χ1) is 15.8. The van der Waals surface area contributed by atoms with Gasteiger partial charge in [0.1, 0.15) is 12.6 Å². The van der Waals surface area contributed by atoms with E-state index in [0.29, 0.717) is 19.5 Å². The second-order valence-electron chi connectivity index (χ2n) is 8.61. The molecule has 2 aromatic rings. The molecule has 0 fully saturated rings. The van der Waals surface area contributed by atoms with Gasteiger partial charge in [-0.05, 0) is 41.5 Å². The minimum absolute atomic E-state index is 0.00404. The summed E-state index contributed by atoms with van der Waals surface area (Å²) in [6.07, 6.45) is -0.272. The Morgan fingerprint density at radius 2 is 1.61 bits per heavy atom. The monoisotopic (exact) mass is 452 g/mol. The Balaban J connectivity index is 1.64. The van der Waals surface area contributed by atoms with Crippen LogP contribution in [-0.4, -0.2) is 53.7 Å². The minimum Gasteiger partial charge on any atom is -0.481 e. The number of aliphatic carboxylic acids is 1. The van der Waals surface area contributed by atoms with Crippen LogP contribution in [0.25, 0.3) is 11.1 Å². The average Bonchev–Trinajstić information content (AvgIpc) is 3.12. The molecule has 0 aromatic heterocycles. The van der Waals surface area contributed by atoms with Crippen LogP contribution in [0.3, 0.4) is 0 Å². The van der Waals surface area contributed by atoms with Crippen molar-refractivity contribution in [2.24, 2.45) is 5.92 Å². The highest BCUT2D eigenvalue weighted by Crippen LogP contribution is 2.44. The summed E-state index contributed by atoms with van der Waals surface area (Å²) in [6, 6.07) is 15.5. The molecular weight excluding hydrogens is 420 g/mol. The number of alkyl carbamates (subject to hydrolysis) is 1. The van der Waals surface area contributed by atoms with E-state index in [1.54, 1.807) is 4.90 Å². The predicted molar refractivity (Wildman–Crippen MR) is 126 cm³/mol. The third-order valence-electron chi connectivity index (χ3n) is 6.06. The maximum absolute atomic E-state index is 13.0. The fourth-order valence-corrected chi connectivity index (χ4v) is 4.32. The van der Waals surface area contributed by atoms with Crippen molar-refractivity contribution in [1.29, 1.82) is 0 Å². The topological polar surface area (TPSA) is 95.9 Å². The zero-order valence-corrected chi connectivity index (χ0v) is 19.4. The maximum Gasteiger partial charge on any atom is 0.407 e. The van der Waals surface area contributed by atoms with Crippen molar-refractivity contribution < 1.29 is 24.2 Å². The Hall–Kier alpha value is -3.35. The molecular formula is C26H32N2O5. The van der Waals surface area contributed by atoms with Crippen molar-refractivity contribution in [1.82, 2.24) is 10.2 Å². The molecule has 0 saturated carbocycles. The lowest BCUT2D eigenvalue weighted by Crippen LogP contribution is -2.51. The highest BCUT2D eigenvalue weighted by Gasteiger charge is 2.31. The molecule has 33 heavy (non-hydrogen) atoms. The van der Waals surface area contributed by atoms with E-state index in [0.717, 1.165) is 22.3 Å². The number of likely N-dealkylation sites (N-methyl/N-ethyl adjacent to an activating group) is 1. The summed E-state index contributed by atoms with van der Waals surface area (Å²) in [4.78, 5) is 38.1. The van der Waals surface area contributed by atoms with Gasteiger partial charge in [0.25, 0.3) is 0 Å². The number of carboxylic acid groups (broad SMARTS) is 1. The van der Waals surface area contributed by atoms with Crippen LogP contribution in [0.15, 0.2) is 48.5 Å². The van der Waals surface area contributed by atoms with Crippen LogP contribution in [0.1, 0.15) is 50.7 Å². The molecule has 0 spiro atoms. The summed E-state index contributed by atoms with van der Waals surface area (Å²) >= 11 is 0. The molecule has 1 aliphatic rings. The zero-order valence-electron chi connectivity index (χ0n) is 19.4. The number of carbonyl (C=O) groups is 3. The van der Waals surface area contributed by atoms with Crippen LogP contribution in [0.5, 0.6) is 0 Å². The van der Waals surface area contributed by atoms with Crippen molar-refractivity contribution in [3.05, 3.63) is 59.7 Å². The number of nitrogens with zero attached hydrogens (tertiary/aromatic N) is 1. The molecule has 7 heteroatoms. The van der Waals surface area contributed by atoms with E-state index >= 15 is 0 Å². The summed E-state index contributed by atoms with van der Waals surface area (Å²) in [5, 5.41) is 11.6. The van der Waals surface area contributed by atoms with Crippen LogP contribution >= 0.6 is 0 Å². The van der Waals surface area contributed by atoms with Crippen LogP contribution in [0, 0.1) is 5.92 Å². The number of nitrogens with one attached hydrogen (secondary N) is 1. The lowest BCUT2D eigenvalue weighted by Gasteiger charge is -2.29. The van der Waals surface area contributed by atoms with Crippen LogP contribution in [-0.2, 0) is 14.3 Å². The van der Waals surface area contributed by atoms with E-state index in [1.807, 2.05) is 45.0 Å². The molecule has 3 rings (SSSR count). The summed E-state index contributed by atoms with van der Waals surface area (Å²) in [7, 11) is 0. The van der Waals surface area contributed by atoms with Crippen LogP contribution < -0.4 is 5.32 Å². The first kappa shape index (κ1) is 24.3. The first-order valence-electron chi connectivity index (χ1n) is 11.5. The summed E-state index contributed by atoms with van der Waals surface area (Å²) in [6.45, 7) is 6.50. The van der Waals surface area contributed by atoms with E-state index in [1.165, 1.54) is 0 Å². The number of amides is 2. The van der Waals surface area contributed by atoms with Gasteiger partial charge in [0.05, 0.1) is 0 Å². The zero-order chi connectivity index (χ0) is 24.0. The molecule has 0 bridgehead atoms. The molecule has 0 heterocycles. The molecule has 1 atom stereocenters. The Bertz CT molecular complexity index is 958. The molecule has 0 saturated heterocycles. The third kappa shape index (κ3) is 5.72. The summed E-state index contributed by atoms with van der Waals surface area (Å²) in [5.74, 6) is -1.33. The van der Waals surface area contributed by atoms with Crippen molar-refractivity contribution in [3.8, 4) is 11.1 Å². The number of fused-ring (bicyclic) bond motifs is 3. The van der Waals surface area contributed by atoms with E-state index in [-0.39, 0.29) is 30.8 Å². The quantitative estimate of drug-likeness (QED) is 0.561. The highest BCUT2D eigenvalue weighted by atomic mass is 16.5. The molecule has 2 aromatic carbocycles. The second kappa shape index (κ2) is 11.0. The molecule has 0 unspecified atom stereocenters. The number of hydrogen-bond donors (Lipinski definition) is 2. The van der Waals surface area contributed by atoms with Crippen molar-refractivity contribution in [2.75, 3.05) is 19.7 Å². The van der Waals surface area contributed by atoms with Gasteiger partial charge in [-0.15, -0.1) is 0 Å². The van der Waals surface area contributed by atoms with Gasteiger partial charge in [0, 0.05) is 25.4 Å². The molecule has 2 N–H and O–H groups in total. The summed E-state index contributed by atoms with van der Waals surface area (Å²) < 4.78 is 5.60. The van der Waals surface area contributed by atoms with Gasteiger partial charge in [0.2, 0.25) is 5.91 Å². The maximum atomic E-state index is 13.0. The number of rotatable bonds is 10. The van der Waals surface area contributed by atoms with Gasteiger partial charge in [0.15, 0.2) is 0 Å². The molecule has 2 amide bonds. The van der Waals surface area contributed by atoms with Crippen LogP contribution in [0.4, 0.5) is 4.79 Å². The Morgan fingerprint density at radius 3 is 2.12 bits per heavy atom. The minimum atomic E-state index is -0.893. The fourth-order valence-electron chi connectivity index (χ4n) is 4.32. The smallest absolute Gasteiger partial charge is 0.407 e. The van der Waals surface area contributed by atoms with E-state index in [9.17, 15) is 14.4 Å². The largest absolute Gasteiger partial charge is 0.481 e. The third-order valence-corrected chi connectivity index (χ3v) is 6.06. The lowest BCUT2D eigenvalue weighted by molar-refractivity contribution is -0.138. The lowest BCUT2D eigenvalue weighted by atomic mass is 9.98. The molecule has 0 radical (unpaired) electrons. The predicted octanol–water partition coefficient (Wildman–Crippen LogP) is 4.26. The SMILES string of the molecule is CCN(CCCC(=O)O)C(=O)[C@@H](NC(=O)OCC1c2ccccc2-c2ccccc21)C(C)C. The highest BCUT2D eigenvalue weighted by molar-refractivity contribution is 5.86. The number of ether oxygens (including phenoxy) is 1. The first-order valence-corrected chi connectivity index (χ1v) is 11.5. The fraction of sp³-hybridized carbons (Fsp3) is 0.423. The number of carboxylic acids is 1. The standard InChI is InChI=1S/C26H32N2O5/c1-4-28(15-9-14-23(29)30)25(31)24(17(2)3)27-26(32)33-16-22-20-12-7-5-10-18(20)19-11-6-8-13-21(19)22/h5-8,10-13,17,22,24H,4,9,14-16H2,1-3H3,(H,27,32)(H,29,30)/t24-/m0/s1. The van der Waals surface area contributed by atoms with Gasteiger partial charge in [-0.1, -0.05) is 62.4 Å². The molecule has 176 valence electrons. The molecule has 0 aliphatic heterocycles. The molecule has 1 aliphatic carbocycles. The van der Waals surface area contributed by atoms with Gasteiger partial charge in [-0.2, -0.15) is 0 Å². The van der Waals surface area contributed by atoms with E-state index < -0.39 is 18.1 Å². The van der Waals surface area contributed by atoms with Crippen molar-refractivity contribution in [3.63, 3.8) is 0 Å².